The third-order valence-electron chi connectivity index (χ3n) is 4.14. The summed E-state index contributed by atoms with van der Waals surface area (Å²) in [5, 5.41) is 11.8. The number of rotatable bonds is 9. The highest BCUT2D eigenvalue weighted by Crippen LogP contribution is 2.23. The normalized spacial score (nSPS) is 17.5. The fraction of sp³-hybridized carbons (Fsp3) is 0.812. The SMILES string of the molecule is CCC(OC1CCCC1)C(=O)N(CCNC(C)=O)C(C)C(=O)O. The smallest absolute Gasteiger partial charge is 0.326 e. The minimum atomic E-state index is -1.07. The zero-order valence-corrected chi connectivity index (χ0v) is 14.2. The quantitative estimate of drug-likeness (QED) is 0.662. The molecule has 7 nitrogen and oxygen atoms in total. The largest absolute Gasteiger partial charge is 0.480 e. The monoisotopic (exact) mass is 328 g/mol. The van der Waals surface area contributed by atoms with Gasteiger partial charge in [-0.25, -0.2) is 4.79 Å². The topological polar surface area (TPSA) is 95.9 Å². The van der Waals surface area contributed by atoms with Gasteiger partial charge in [0.2, 0.25) is 5.91 Å². The first-order chi connectivity index (χ1) is 10.9. The van der Waals surface area contributed by atoms with Crippen molar-refractivity contribution in [3.05, 3.63) is 0 Å². The number of ether oxygens (including phenoxy) is 1. The van der Waals surface area contributed by atoms with Crippen LogP contribution in [-0.2, 0) is 19.1 Å². The van der Waals surface area contributed by atoms with Crippen LogP contribution in [0.25, 0.3) is 0 Å². The zero-order valence-electron chi connectivity index (χ0n) is 14.2. The third kappa shape index (κ3) is 6.17. The summed E-state index contributed by atoms with van der Waals surface area (Å²) in [4.78, 5) is 36.2. The minimum Gasteiger partial charge on any atom is -0.480 e. The standard InChI is InChI=1S/C16H28N2O5/c1-4-14(23-13-7-5-6-8-13)15(20)18(11(2)16(21)22)10-9-17-12(3)19/h11,13-14H,4-10H2,1-3H3,(H,17,19)(H,21,22). The molecular formula is C16H28N2O5. The van der Waals surface area contributed by atoms with Crippen LogP contribution in [0.4, 0.5) is 0 Å². The molecule has 0 radical (unpaired) electrons. The van der Waals surface area contributed by atoms with E-state index in [-0.39, 0.29) is 31.0 Å². The molecule has 0 aromatic rings. The lowest BCUT2D eigenvalue weighted by Crippen LogP contribution is -2.51. The Bertz CT molecular complexity index is 421. The minimum absolute atomic E-state index is 0.0845. The summed E-state index contributed by atoms with van der Waals surface area (Å²) in [6, 6.07) is -0.961. The second-order valence-electron chi connectivity index (χ2n) is 5.97. The number of nitrogens with one attached hydrogen (secondary N) is 1. The van der Waals surface area contributed by atoms with Gasteiger partial charge in [-0.05, 0) is 26.2 Å². The molecule has 7 heteroatoms. The molecule has 0 aromatic heterocycles. The van der Waals surface area contributed by atoms with E-state index in [9.17, 15) is 19.5 Å². The highest BCUT2D eigenvalue weighted by molar-refractivity contribution is 5.86. The molecule has 1 aliphatic rings. The average Bonchev–Trinajstić information content (AvgIpc) is 3.00. The van der Waals surface area contributed by atoms with Gasteiger partial charge in [0.1, 0.15) is 12.1 Å². The summed E-state index contributed by atoms with van der Waals surface area (Å²) in [7, 11) is 0. The molecule has 1 saturated carbocycles. The van der Waals surface area contributed by atoms with Crippen molar-refractivity contribution >= 4 is 17.8 Å². The molecule has 2 unspecified atom stereocenters. The summed E-state index contributed by atoms with van der Waals surface area (Å²) in [5.74, 6) is -1.61. The van der Waals surface area contributed by atoms with Crippen LogP contribution in [-0.4, -0.2) is 59.1 Å². The Morgan fingerprint density at radius 3 is 2.39 bits per heavy atom. The lowest BCUT2D eigenvalue weighted by Gasteiger charge is -2.31. The number of carbonyl (C=O) groups is 3. The summed E-state index contributed by atoms with van der Waals surface area (Å²) in [5.41, 5.74) is 0. The van der Waals surface area contributed by atoms with Gasteiger partial charge in [0.15, 0.2) is 0 Å². The maximum atomic E-state index is 12.7. The molecule has 2 amide bonds. The lowest BCUT2D eigenvalue weighted by molar-refractivity contribution is -0.157. The van der Waals surface area contributed by atoms with Crippen LogP contribution in [0.3, 0.4) is 0 Å². The maximum Gasteiger partial charge on any atom is 0.326 e. The van der Waals surface area contributed by atoms with E-state index in [2.05, 4.69) is 5.32 Å². The summed E-state index contributed by atoms with van der Waals surface area (Å²) < 4.78 is 5.89. The van der Waals surface area contributed by atoms with Crippen LogP contribution in [0.2, 0.25) is 0 Å². The molecule has 23 heavy (non-hydrogen) atoms. The molecule has 1 fully saturated rings. The number of carboxylic acid groups (broad SMARTS) is 1. The van der Waals surface area contributed by atoms with Crippen molar-refractivity contribution in [2.24, 2.45) is 0 Å². The van der Waals surface area contributed by atoms with E-state index in [1.165, 1.54) is 18.7 Å². The van der Waals surface area contributed by atoms with Gasteiger partial charge in [0, 0.05) is 20.0 Å². The van der Waals surface area contributed by atoms with Gasteiger partial charge < -0.3 is 20.1 Å². The predicted octanol–water partition coefficient (Wildman–Crippen LogP) is 1.16. The Hall–Kier alpha value is -1.63. The van der Waals surface area contributed by atoms with Crippen LogP contribution in [0, 0.1) is 0 Å². The molecule has 1 rings (SSSR count). The fourth-order valence-corrected chi connectivity index (χ4v) is 2.75. The van der Waals surface area contributed by atoms with Crippen molar-refractivity contribution in [3.63, 3.8) is 0 Å². The van der Waals surface area contributed by atoms with Crippen LogP contribution in [0.1, 0.15) is 52.9 Å². The Balaban J connectivity index is 2.73. The highest BCUT2D eigenvalue weighted by Gasteiger charge is 2.32. The predicted molar refractivity (Wildman–Crippen MR) is 84.9 cm³/mol. The molecule has 0 aliphatic heterocycles. The van der Waals surface area contributed by atoms with Gasteiger partial charge in [0.25, 0.3) is 5.91 Å². The molecule has 0 saturated heterocycles. The molecule has 2 N–H and O–H groups in total. The van der Waals surface area contributed by atoms with Crippen molar-refractivity contribution in [2.75, 3.05) is 13.1 Å². The van der Waals surface area contributed by atoms with E-state index >= 15 is 0 Å². The second kappa shape index (κ2) is 9.50. The van der Waals surface area contributed by atoms with E-state index in [4.69, 9.17) is 4.74 Å². The first kappa shape index (κ1) is 19.4. The van der Waals surface area contributed by atoms with Crippen LogP contribution < -0.4 is 5.32 Å². The van der Waals surface area contributed by atoms with E-state index in [1.807, 2.05) is 6.92 Å². The molecule has 0 bridgehead atoms. The fourth-order valence-electron chi connectivity index (χ4n) is 2.75. The van der Waals surface area contributed by atoms with Crippen molar-refractivity contribution in [1.29, 1.82) is 0 Å². The van der Waals surface area contributed by atoms with Crippen LogP contribution in [0.15, 0.2) is 0 Å². The van der Waals surface area contributed by atoms with Gasteiger partial charge >= 0.3 is 5.97 Å². The third-order valence-corrected chi connectivity index (χ3v) is 4.14. The number of amides is 2. The van der Waals surface area contributed by atoms with Gasteiger partial charge in [-0.1, -0.05) is 19.8 Å². The Morgan fingerprint density at radius 2 is 1.91 bits per heavy atom. The molecule has 2 atom stereocenters. The first-order valence-electron chi connectivity index (χ1n) is 8.30. The number of hydrogen-bond donors (Lipinski definition) is 2. The van der Waals surface area contributed by atoms with Crippen molar-refractivity contribution in [2.45, 2.75) is 71.1 Å². The average molecular weight is 328 g/mol. The molecule has 1 aliphatic carbocycles. The summed E-state index contributed by atoms with van der Waals surface area (Å²) >= 11 is 0. The van der Waals surface area contributed by atoms with Gasteiger partial charge in [0.05, 0.1) is 6.10 Å². The van der Waals surface area contributed by atoms with Gasteiger partial charge in [-0.15, -0.1) is 0 Å². The molecule has 132 valence electrons. The number of carbonyl (C=O) groups excluding carboxylic acids is 2. The number of carboxylic acids is 1. The van der Waals surface area contributed by atoms with E-state index < -0.39 is 18.1 Å². The van der Waals surface area contributed by atoms with E-state index in [0.717, 1.165) is 25.7 Å². The van der Waals surface area contributed by atoms with E-state index in [0.29, 0.717) is 6.42 Å². The molecule has 0 heterocycles. The Kier molecular flexibility index (Phi) is 8.02. The van der Waals surface area contributed by atoms with E-state index in [1.54, 1.807) is 0 Å². The van der Waals surface area contributed by atoms with Crippen LogP contribution >= 0.6 is 0 Å². The van der Waals surface area contributed by atoms with Crippen LogP contribution in [0.5, 0.6) is 0 Å². The summed E-state index contributed by atoms with van der Waals surface area (Å²) in [6.07, 6.45) is 4.06. The first-order valence-corrected chi connectivity index (χ1v) is 8.30. The highest BCUT2D eigenvalue weighted by atomic mass is 16.5. The summed E-state index contributed by atoms with van der Waals surface area (Å²) in [6.45, 7) is 5.07. The Morgan fingerprint density at radius 1 is 1.30 bits per heavy atom. The van der Waals surface area contributed by atoms with Crippen molar-refractivity contribution < 1.29 is 24.2 Å². The lowest BCUT2D eigenvalue weighted by atomic mass is 10.1. The van der Waals surface area contributed by atoms with Crippen molar-refractivity contribution in [1.82, 2.24) is 10.2 Å². The number of nitrogens with zero attached hydrogens (tertiary/aromatic N) is 1. The molecule has 0 aromatic carbocycles. The maximum absolute atomic E-state index is 12.7. The van der Waals surface area contributed by atoms with Gasteiger partial charge in [-0.3, -0.25) is 9.59 Å². The Labute approximate surface area is 137 Å². The number of aliphatic carboxylic acids is 1. The zero-order chi connectivity index (χ0) is 17.4. The number of hydrogen-bond acceptors (Lipinski definition) is 4. The van der Waals surface area contributed by atoms with Gasteiger partial charge in [-0.2, -0.15) is 0 Å². The molecule has 0 spiro atoms. The molecular weight excluding hydrogens is 300 g/mol. The second-order valence-corrected chi connectivity index (χ2v) is 5.97. The van der Waals surface area contributed by atoms with Crippen molar-refractivity contribution in [3.8, 4) is 0 Å².